The largest absolute Gasteiger partial charge is 0.497 e. The van der Waals surface area contributed by atoms with Gasteiger partial charge in [-0.3, -0.25) is 9.89 Å². The third-order valence-electron chi connectivity index (χ3n) is 4.38. The third kappa shape index (κ3) is 9.62. The lowest BCUT2D eigenvalue weighted by molar-refractivity contribution is 0.145. The summed E-state index contributed by atoms with van der Waals surface area (Å²) in [4.78, 5) is 6.76. The molecule has 1 aromatic carbocycles. The van der Waals surface area contributed by atoms with Gasteiger partial charge in [0, 0.05) is 33.4 Å². The van der Waals surface area contributed by atoms with Crippen LogP contribution in [0.3, 0.4) is 0 Å². The van der Waals surface area contributed by atoms with Crippen molar-refractivity contribution in [3.8, 4) is 5.75 Å². The van der Waals surface area contributed by atoms with Crippen LogP contribution in [0.5, 0.6) is 5.75 Å². The molecule has 2 N–H and O–H groups in total. The van der Waals surface area contributed by atoms with Crippen LogP contribution in [0.2, 0.25) is 0 Å². The fourth-order valence-electron chi connectivity index (χ4n) is 2.91. The van der Waals surface area contributed by atoms with Crippen molar-refractivity contribution in [2.75, 3.05) is 53.6 Å². The molecule has 0 radical (unpaired) electrons. The van der Waals surface area contributed by atoms with Gasteiger partial charge in [0.1, 0.15) is 5.75 Å². The monoisotopic (exact) mass is 492 g/mol. The highest BCUT2D eigenvalue weighted by atomic mass is 127. The number of nitrogens with one attached hydrogen (secondary N) is 2. The summed E-state index contributed by atoms with van der Waals surface area (Å²) in [5, 5.41) is 6.81. The highest BCUT2D eigenvalue weighted by Crippen LogP contribution is 2.23. The van der Waals surface area contributed by atoms with Gasteiger partial charge in [0.25, 0.3) is 0 Å². The summed E-state index contributed by atoms with van der Waals surface area (Å²) in [6.45, 7) is 11.5. The van der Waals surface area contributed by atoms with Crippen molar-refractivity contribution in [3.63, 3.8) is 0 Å². The van der Waals surface area contributed by atoms with E-state index < -0.39 is 0 Å². The molecule has 1 rings (SSSR count). The summed E-state index contributed by atoms with van der Waals surface area (Å²) < 4.78 is 10.8. The molecule has 6 nitrogen and oxygen atoms in total. The standard InChI is InChI=1S/C20H36N4O2.HI/c1-6-24(7-2)19(17-11-9-12-18(15-17)25-5)16-23-20(21-4)22-13-10-14-26-8-3;/h9,11-12,15,19H,6-8,10,13-14,16H2,1-5H3,(H2,21,22,23);1H. The van der Waals surface area contributed by atoms with Crippen molar-refractivity contribution in [1.82, 2.24) is 15.5 Å². The number of guanidine groups is 1. The lowest BCUT2D eigenvalue weighted by Crippen LogP contribution is -2.43. The third-order valence-corrected chi connectivity index (χ3v) is 4.38. The summed E-state index contributed by atoms with van der Waals surface area (Å²) in [5.41, 5.74) is 1.24. The Morgan fingerprint density at radius 3 is 2.52 bits per heavy atom. The van der Waals surface area contributed by atoms with E-state index in [0.717, 1.165) is 57.5 Å². The lowest BCUT2D eigenvalue weighted by atomic mass is 10.0. The van der Waals surface area contributed by atoms with Crippen LogP contribution in [0, 0.1) is 0 Å². The molecular formula is C20H37IN4O2. The van der Waals surface area contributed by atoms with E-state index in [0.29, 0.717) is 0 Å². The van der Waals surface area contributed by atoms with Gasteiger partial charge >= 0.3 is 0 Å². The zero-order valence-corrected chi connectivity index (χ0v) is 19.8. The topological polar surface area (TPSA) is 58.1 Å². The van der Waals surface area contributed by atoms with Crippen molar-refractivity contribution < 1.29 is 9.47 Å². The maximum atomic E-state index is 5.40. The molecule has 156 valence electrons. The van der Waals surface area contributed by atoms with E-state index in [1.807, 2.05) is 19.1 Å². The second-order valence-corrected chi connectivity index (χ2v) is 5.94. The minimum Gasteiger partial charge on any atom is -0.497 e. The van der Waals surface area contributed by atoms with E-state index in [-0.39, 0.29) is 30.0 Å². The Morgan fingerprint density at radius 2 is 1.93 bits per heavy atom. The molecule has 0 amide bonds. The number of aliphatic imine (C=N–C) groups is 1. The van der Waals surface area contributed by atoms with Gasteiger partial charge in [0.2, 0.25) is 0 Å². The molecule has 1 atom stereocenters. The number of hydrogen-bond donors (Lipinski definition) is 2. The Bertz CT molecular complexity index is 524. The highest BCUT2D eigenvalue weighted by Gasteiger charge is 2.19. The number of rotatable bonds is 12. The molecule has 0 aliphatic heterocycles. The molecule has 0 bridgehead atoms. The second-order valence-electron chi connectivity index (χ2n) is 5.94. The lowest BCUT2D eigenvalue weighted by Gasteiger charge is -2.31. The van der Waals surface area contributed by atoms with Crippen LogP contribution in [0.1, 0.15) is 38.8 Å². The minimum absolute atomic E-state index is 0. The molecule has 7 heteroatoms. The predicted octanol–water partition coefficient (Wildman–Crippen LogP) is 3.29. The van der Waals surface area contributed by atoms with E-state index >= 15 is 0 Å². The molecule has 1 aromatic rings. The molecule has 0 aliphatic rings. The van der Waals surface area contributed by atoms with Crippen LogP contribution in [-0.2, 0) is 4.74 Å². The maximum Gasteiger partial charge on any atom is 0.191 e. The van der Waals surface area contributed by atoms with Crippen LogP contribution in [0.25, 0.3) is 0 Å². The number of likely N-dealkylation sites (N-methyl/N-ethyl adjacent to an activating group) is 1. The number of methoxy groups -OCH3 is 1. The number of benzene rings is 1. The SMILES string of the molecule is CCOCCCNC(=NC)NCC(c1cccc(OC)c1)N(CC)CC.I. The van der Waals surface area contributed by atoms with Gasteiger partial charge in [-0.15, -0.1) is 24.0 Å². The first kappa shape index (κ1) is 25.9. The first-order chi connectivity index (χ1) is 12.7. The van der Waals surface area contributed by atoms with E-state index in [4.69, 9.17) is 9.47 Å². The van der Waals surface area contributed by atoms with Crippen molar-refractivity contribution in [3.05, 3.63) is 29.8 Å². The Kier molecular flexibility index (Phi) is 15.3. The molecule has 0 aromatic heterocycles. The van der Waals surface area contributed by atoms with Gasteiger partial charge in [-0.1, -0.05) is 26.0 Å². The Balaban J connectivity index is 0.00000676. The number of ether oxygens (including phenoxy) is 2. The molecule has 27 heavy (non-hydrogen) atoms. The molecule has 0 saturated heterocycles. The highest BCUT2D eigenvalue weighted by molar-refractivity contribution is 14.0. The zero-order chi connectivity index (χ0) is 19.2. The van der Waals surface area contributed by atoms with Crippen LogP contribution < -0.4 is 15.4 Å². The number of hydrogen-bond acceptors (Lipinski definition) is 4. The maximum absolute atomic E-state index is 5.40. The quantitative estimate of drug-likeness (QED) is 0.203. The molecule has 0 heterocycles. The van der Waals surface area contributed by atoms with Gasteiger partial charge in [-0.05, 0) is 44.1 Å². The molecule has 1 unspecified atom stereocenters. The van der Waals surface area contributed by atoms with Crippen LogP contribution in [0.4, 0.5) is 0 Å². The summed E-state index contributed by atoms with van der Waals surface area (Å²) >= 11 is 0. The minimum atomic E-state index is 0. The van der Waals surface area contributed by atoms with Crippen molar-refractivity contribution in [2.24, 2.45) is 4.99 Å². The smallest absolute Gasteiger partial charge is 0.191 e. The van der Waals surface area contributed by atoms with Crippen molar-refractivity contribution >= 4 is 29.9 Å². The summed E-state index contributed by atoms with van der Waals surface area (Å²) in [6, 6.07) is 8.55. The molecule has 0 fully saturated rings. The first-order valence-electron chi connectivity index (χ1n) is 9.60. The molecule has 0 saturated carbocycles. The molecular weight excluding hydrogens is 455 g/mol. The number of halogens is 1. The van der Waals surface area contributed by atoms with Crippen LogP contribution in [-0.4, -0.2) is 64.4 Å². The van der Waals surface area contributed by atoms with Crippen LogP contribution in [0.15, 0.2) is 29.3 Å². The summed E-state index contributed by atoms with van der Waals surface area (Å²) in [7, 11) is 3.51. The fourth-order valence-corrected chi connectivity index (χ4v) is 2.91. The van der Waals surface area contributed by atoms with E-state index in [1.165, 1.54) is 5.56 Å². The average molecular weight is 492 g/mol. The van der Waals surface area contributed by atoms with Gasteiger partial charge in [-0.2, -0.15) is 0 Å². The predicted molar refractivity (Wildman–Crippen MR) is 125 cm³/mol. The number of nitrogens with zero attached hydrogens (tertiary/aromatic N) is 2. The van der Waals surface area contributed by atoms with E-state index in [1.54, 1.807) is 14.2 Å². The van der Waals surface area contributed by atoms with Gasteiger partial charge in [0.05, 0.1) is 13.2 Å². The first-order valence-corrected chi connectivity index (χ1v) is 9.60. The molecule has 0 aliphatic carbocycles. The van der Waals surface area contributed by atoms with Gasteiger partial charge < -0.3 is 20.1 Å². The Labute approximate surface area is 182 Å². The fraction of sp³-hybridized carbons (Fsp3) is 0.650. The Morgan fingerprint density at radius 1 is 1.19 bits per heavy atom. The van der Waals surface area contributed by atoms with Gasteiger partial charge in [-0.25, -0.2) is 0 Å². The van der Waals surface area contributed by atoms with E-state index in [2.05, 4.69) is 46.5 Å². The average Bonchev–Trinajstić information content (AvgIpc) is 2.69. The second kappa shape index (κ2) is 15.9. The summed E-state index contributed by atoms with van der Waals surface area (Å²) in [6.07, 6.45) is 0.962. The molecule has 0 spiro atoms. The zero-order valence-electron chi connectivity index (χ0n) is 17.5. The van der Waals surface area contributed by atoms with Crippen molar-refractivity contribution in [1.29, 1.82) is 0 Å². The normalized spacial score (nSPS) is 12.4. The van der Waals surface area contributed by atoms with E-state index in [9.17, 15) is 0 Å². The van der Waals surface area contributed by atoms with Crippen molar-refractivity contribution in [2.45, 2.75) is 33.2 Å². The Hall–Kier alpha value is -1.06. The summed E-state index contributed by atoms with van der Waals surface area (Å²) in [5.74, 6) is 1.71. The van der Waals surface area contributed by atoms with Gasteiger partial charge in [0.15, 0.2) is 5.96 Å². The van der Waals surface area contributed by atoms with Crippen LogP contribution >= 0.6 is 24.0 Å².